The van der Waals surface area contributed by atoms with Crippen LogP contribution in [0.1, 0.15) is 12.5 Å². The third kappa shape index (κ3) is 8.09. The molecule has 0 aliphatic carbocycles. The number of likely N-dealkylation sites (N-methyl/N-ethyl adjacent to an activating group) is 1. The summed E-state index contributed by atoms with van der Waals surface area (Å²) in [6.07, 6.45) is 3.61. The van der Waals surface area contributed by atoms with E-state index in [-0.39, 0.29) is 24.0 Å². The van der Waals surface area contributed by atoms with E-state index in [4.69, 9.17) is 0 Å². The molecular weight excluding hydrogens is 515 g/mol. The second kappa shape index (κ2) is 14.1. The van der Waals surface area contributed by atoms with Crippen LogP contribution in [0.2, 0.25) is 0 Å². The summed E-state index contributed by atoms with van der Waals surface area (Å²) >= 11 is 0. The van der Waals surface area contributed by atoms with Crippen LogP contribution in [0.4, 0.5) is 11.6 Å². The molecule has 0 spiro atoms. The number of rotatable bonds is 9. The van der Waals surface area contributed by atoms with E-state index in [1.54, 1.807) is 12.4 Å². The van der Waals surface area contributed by atoms with Crippen molar-refractivity contribution >= 4 is 41.6 Å². The molecule has 32 heavy (non-hydrogen) atoms. The monoisotopic (exact) mass is 552 g/mol. The predicted molar refractivity (Wildman–Crippen MR) is 145 cm³/mol. The Hall–Kier alpha value is -2.14. The lowest BCUT2D eigenvalue weighted by Crippen LogP contribution is -2.50. The first-order valence-corrected chi connectivity index (χ1v) is 11.2. The molecule has 0 unspecified atom stereocenters. The molecule has 0 amide bonds. The van der Waals surface area contributed by atoms with Gasteiger partial charge in [0.2, 0.25) is 5.95 Å². The Bertz CT molecular complexity index is 809. The summed E-state index contributed by atoms with van der Waals surface area (Å²) in [5.41, 5.74) is 2.56. The molecule has 8 nitrogen and oxygen atoms in total. The lowest BCUT2D eigenvalue weighted by atomic mass is 10.2. The molecular formula is C23H37IN8. The molecule has 1 fully saturated rings. The number of guanidine groups is 1. The number of hydrogen-bond acceptors (Lipinski definition) is 6. The Labute approximate surface area is 209 Å². The average Bonchev–Trinajstić information content (AvgIpc) is 2.81. The fourth-order valence-electron chi connectivity index (χ4n) is 3.78. The van der Waals surface area contributed by atoms with Crippen molar-refractivity contribution in [1.82, 2.24) is 25.5 Å². The summed E-state index contributed by atoms with van der Waals surface area (Å²) in [6, 6.07) is 10.5. The highest BCUT2D eigenvalue weighted by Crippen LogP contribution is 2.15. The summed E-state index contributed by atoms with van der Waals surface area (Å²) in [4.78, 5) is 20.2. The molecule has 1 aliphatic rings. The van der Waals surface area contributed by atoms with Crippen molar-refractivity contribution in [2.75, 3.05) is 75.8 Å². The molecule has 2 N–H and O–H groups in total. The summed E-state index contributed by atoms with van der Waals surface area (Å²) in [6.45, 7) is 12.9. The Morgan fingerprint density at radius 3 is 2.44 bits per heavy atom. The number of halogens is 1. The fraction of sp³-hybridized carbons (Fsp3) is 0.522. The van der Waals surface area contributed by atoms with Crippen molar-refractivity contribution < 1.29 is 0 Å². The predicted octanol–water partition coefficient (Wildman–Crippen LogP) is 2.22. The Kier molecular flexibility index (Phi) is 11.5. The molecule has 1 aromatic carbocycles. The molecule has 2 aromatic rings. The summed E-state index contributed by atoms with van der Waals surface area (Å²) in [7, 11) is 1.83. The third-order valence-corrected chi connectivity index (χ3v) is 5.57. The topological polar surface area (TPSA) is 71.9 Å². The second-order valence-electron chi connectivity index (χ2n) is 7.72. The number of aliphatic imine (C=N–C) groups is 1. The van der Waals surface area contributed by atoms with Gasteiger partial charge >= 0.3 is 0 Å². The van der Waals surface area contributed by atoms with Gasteiger partial charge in [-0.25, -0.2) is 9.97 Å². The number of nitrogens with one attached hydrogen (secondary N) is 2. The fourth-order valence-corrected chi connectivity index (χ4v) is 3.78. The minimum absolute atomic E-state index is 0. The van der Waals surface area contributed by atoms with Crippen LogP contribution in [-0.2, 0) is 0 Å². The smallest absolute Gasteiger partial charge is 0.225 e. The SMILES string of the molecule is CCN(CCNC(=NC)NCCN1CCN(c2ncccn2)CC1)c1cccc(C)c1.I. The molecule has 1 saturated heterocycles. The first-order valence-electron chi connectivity index (χ1n) is 11.2. The standard InChI is InChI=1S/C23H36N8.HI/c1-4-30(21-8-5-7-20(2)19-21)14-12-26-22(24-3)25-11-13-29-15-17-31(18-16-29)23-27-9-6-10-28-23;/h5-10,19H,4,11-18H2,1-3H3,(H2,24,25,26);1H. The maximum atomic E-state index is 4.36. The first kappa shape index (κ1) is 26.1. The van der Waals surface area contributed by atoms with Crippen LogP contribution in [0.3, 0.4) is 0 Å². The highest BCUT2D eigenvalue weighted by atomic mass is 127. The maximum absolute atomic E-state index is 4.36. The second-order valence-corrected chi connectivity index (χ2v) is 7.72. The molecule has 2 heterocycles. The maximum Gasteiger partial charge on any atom is 0.225 e. The van der Waals surface area contributed by atoms with E-state index in [9.17, 15) is 0 Å². The lowest BCUT2D eigenvalue weighted by Gasteiger charge is -2.34. The zero-order chi connectivity index (χ0) is 21.9. The van der Waals surface area contributed by atoms with Crippen LogP contribution in [0, 0.1) is 6.92 Å². The van der Waals surface area contributed by atoms with E-state index >= 15 is 0 Å². The van der Waals surface area contributed by atoms with Gasteiger partial charge in [-0.2, -0.15) is 0 Å². The van der Waals surface area contributed by atoms with Crippen LogP contribution < -0.4 is 20.4 Å². The van der Waals surface area contributed by atoms with Gasteiger partial charge in [0.1, 0.15) is 0 Å². The van der Waals surface area contributed by atoms with Crippen LogP contribution in [0.15, 0.2) is 47.7 Å². The van der Waals surface area contributed by atoms with Crippen LogP contribution >= 0.6 is 24.0 Å². The highest BCUT2D eigenvalue weighted by Gasteiger charge is 2.18. The van der Waals surface area contributed by atoms with Gasteiger partial charge in [0.25, 0.3) is 0 Å². The Morgan fingerprint density at radius 2 is 1.78 bits per heavy atom. The van der Waals surface area contributed by atoms with Crippen LogP contribution in [0.5, 0.6) is 0 Å². The van der Waals surface area contributed by atoms with Crippen molar-refractivity contribution in [3.63, 3.8) is 0 Å². The number of piperazine rings is 1. The zero-order valence-electron chi connectivity index (χ0n) is 19.5. The number of hydrogen-bond donors (Lipinski definition) is 2. The number of benzene rings is 1. The molecule has 1 aromatic heterocycles. The summed E-state index contributed by atoms with van der Waals surface area (Å²) in [5, 5.41) is 6.88. The normalized spacial score (nSPS) is 14.6. The van der Waals surface area contributed by atoms with Crippen molar-refractivity contribution in [3.05, 3.63) is 48.3 Å². The molecule has 0 bridgehead atoms. The molecule has 176 valence electrons. The molecule has 0 saturated carbocycles. The van der Waals surface area contributed by atoms with E-state index in [0.29, 0.717) is 0 Å². The van der Waals surface area contributed by atoms with E-state index in [1.165, 1.54) is 11.3 Å². The van der Waals surface area contributed by atoms with Crippen LogP contribution in [-0.4, -0.2) is 86.8 Å². The molecule has 1 aliphatic heterocycles. The van der Waals surface area contributed by atoms with E-state index < -0.39 is 0 Å². The summed E-state index contributed by atoms with van der Waals surface area (Å²) in [5.74, 6) is 1.69. The quantitative estimate of drug-likeness (QED) is 0.281. The Morgan fingerprint density at radius 1 is 1.06 bits per heavy atom. The minimum atomic E-state index is 0. The first-order chi connectivity index (χ1) is 15.2. The Balaban J connectivity index is 0.00000363. The van der Waals surface area contributed by atoms with Gasteiger partial charge < -0.3 is 20.4 Å². The van der Waals surface area contributed by atoms with E-state index in [2.05, 4.69) is 78.4 Å². The summed E-state index contributed by atoms with van der Waals surface area (Å²) < 4.78 is 0. The van der Waals surface area contributed by atoms with Crippen molar-refractivity contribution in [1.29, 1.82) is 0 Å². The largest absolute Gasteiger partial charge is 0.370 e. The zero-order valence-corrected chi connectivity index (χ0v) is 21.8. The van der Waals surface area contributed by atoms with Crippen molar-refractivity contribution in [3.8, 4) is 0 Å². The molecule has 0 radical (unpaired) electrons. The van der Waals surface area contributed by atoms with Crippen LogP contribution in [0.25, 0.3) is 0 Å². The number of nitrogens with zero attached hydrogens (tertiary/aromatic N) is 6. The van der Waals surface area contributed by atoms with Gasteiger partial charge in [0, 0.05) is 84.0 Å². The van der Waals surface area contributed by atoms with Gasteiger partial charge in [-0.3, -0.25) is 9.89 Å². The molecule has 0 atom stereocenters. The average molecular weight is 553 g/mol. The number of aromatic nitrogens is 2. The van der Waals surface area contributed by atoms with Crippen molar-refractivity contribution in [2.24, 2.45) is 4.99 Å². The highest BCUT2D eigenvalue weighted by molar-refractivity contribution is 14.0. The molecule has 3 rings (SSSR count). The number of anilines is 2. The van der Waals surface area contributed by atoms with E-state index in [1.807, 2.05) is 13.1 Å². The van der Waals surface area contributed by atoms with Gasteiger partial charge in [-0.1, -0.05) is 12.1 Å². The number of aryl methyl sites for hydroxylation is 1. The molecule has 9 heteroatoms. The van der Waals surface area contributed by atoms with Gasteiger partial charge in [0.15, 0.2) is 5.96 Å². The van der Waals surface area contributed by atoms with Crippen molar-refractivity contribution in [2.45, 2.75) is 13.8 Å². The minimum Gasteiger partial charge on any atom is -0.370 e. The van der Waals surface area contributed by atoms with Gasteiger partial charge in [-0.05, 0) is 37.6 Å². The lowest BCUT2D eigenvalue weighted by molar-refractivity contribution is 0.260. The van der Waals surface area contributed by atoms with E-state index in [0.717, 1.165) is 70.8 Å². The third-order valence-electron chi connectivity index (χ3n) is 5.57. The van der Waals surface area contributed by atoms with Gasteiger partial charge in [-0.15, -0.1) is 24.0 Å². The van der Waals surface area contributed by atoms with Gasteiger partial charge in [0.05, 0.1) is 0 Å².